The molecule has 0 radical (unpaired) electrons. The molecule has 0 bridgehead atoms. The summed E-state index contributed by atoms with van der Waals surface area (Å²) in [6, 6.07) is 11.0. The fourth-order valence-corrected chi connectivity index (χ4v) is 2.85. The second kappa shape index (κ2) is 6.43. The zero-order chi connectivity index (χ0) is 18.1. The molecular weight excluding hydrogens is 336 g/mol. The van der Waals surface area contributed by atoms with Crippen LogP contribution in [0.3, 0.4) is 0 Å². The third kappa shape index (κ3) is 3.06. The predicted molar refractivity (Wildman–Crippen MR) is 92.0 cm³/mol. The normalized spacial score (nSPS) is 16.9. The van der Waals surface area contributed by atoms with Crippen molar-refractivity contribution in [2.75, 3.05) is 16.8 Å². The highest BCUT2D eigenvalue weighted by Gasteiger charge is 2.35. The molecule has 0 spiro atoms. The monoisotopic (exact) mass is 352 g/mol. The van der Waals surface area contributed by atoms with Crippen LogP contribution in [0.4, 0.5) is 11.7 Å². The van der Waals surface area contributed by atoms with E-state index in [9.17, 15) is 9.59 Å². The van der Waals surface area contributed by atoms with Gasteiger partial charge in [-0.25, -0.2) is 0 Å². The summed E-state index contributed by atoms with van der Waals surface area (Å²) >= 11 is 0. The van der Waals surface area contributed by atoms with Gasteiger partial charge in [0.1, 0.15) is 5.69 Å². The van der Waals surface area contributed by atoms with Crippen LogP contribution in [-0.4, -0.2) is 38.3 Å². The van der Waals surface area contributed by atoms with Crippen molar-refractivity contribution in [1.82, 2.24) is 20.0 Å². The van der Waals surface area contributed by atoms with E-state index in [-0.39, 0.29) is 30.1 Å². The number of para-hydroxylation sites is 1. The van der Waals surface area contributed by atoms with Gasteiger partial charge in [-0.3, -0.25) is 19.6 Å². The van der Waals surface area contributed by atoms with E-state index in [4.69, 9.17) is 4.42 Å². The van der Waals surface area contributed by atoms with Gasteiger partial charge < -0.3 is 9.32 Å². The van der Waals surface area contributed by atoms with Gasteiger partial charge in [-0.15, -0.1) is 5.10 Å². The minimum atomic E-state index is -0.479. The first-order chi connectivity index (χ1) is 12.6. The van der Waals surface area contributed by atoms with Crippen LogP contribution in [0.25, 0.3) is 11.6 Å². The number of aryl methyl sites for hydroxylation is 1. The molecule has 1 unspecified atom stereocenters. The third-order valence-corrected chi connectivity index (χ3v) is 4.15. The number of hydrogen-bond donors (Lipinski definition) is 1. The average molecular weight is 352 g/mol. The van der Waals surface area contributed by atoms with E-state index >= 15 is 0 Å². The summed E-state index contributed by atoms with van der Waals surface area (Å²) in [5.41, 5.74) is 1.30. The molecule has 3 aromatic rings. The van der Waals surface area contributed by atoms with Gasteiger partial charge >= 0.3 is 6.01 Å². The third-order valence-electron chi connectivity index (χ3n) is 4.15. The summed E-state index contributed by atoms with van der Waals surface area (Å²) in [5.74, 6) is -0.675. The molecule has 0 aliphatic carbocycles. The van der Waals surface area contributed by atoms with E-state index in [2.05, 4.69) is 20.6 Å². The van der Waals surface area contributed by atoms with E-state index in [1.54, 1.807) is 28.9 Å². The fraction of sp³-hybridized carbons (Fsp3) is 0.235. The topological polar surface area (TPSA) is 106 Å². The van der Waals surface area contributed by atoms with Crippen LogP contribution < -0.4 is 10.2 Å². The van der Waals surface area contributed by atoms with Crippen molar-refractivity contribution < 1.29 is 14.0 Å². The Kier molecular flexibility index (Phi) is 3.96. The summed E-state index contributed by atoms with van der Waals surface area (Å²) in [6.07, 6.45) is 1.89. The van der Waals surface area contributed by atoms with Crippen LogP contribution >= 0.6 is 0 Å². The lowest BCUT2D eigenvalue weighted by Gasteiger charge is -2.16. The van der Waals surface area contributed by atoms with Gasteiger partial charge in [0.05, 0.1) is 5.92 Å². The Morgan fingerprint density at radius 3 is 2.77 bits per heavy atom. The quantitative estimate of drug-likeness (QED) is 0.762. The molecule has 0 saturated carbocycles. The van der Waals surface area contributed by atoms with Gasteiger partial charge in [-0.2, -0.15) is 5.10 Å². The molecule has 1 aromatic carbocycles. The molecule has 2 amide bonds. The summed E-state index contributed by atoms with van der Waals surface area (Å²) in [6.45, 7) is 0.315. The predicted octanol–water partition coefficient (Wildman–Crippen LogP) is 1.46. The highest BCUT2D eigenvalue weighted by atomic mass is 16.4. The first kappa shape index (κ1) is 16.0. The van der Waals surface area contributed by atoms with Crippen molar-refractivity contribution in [3.63, 3.8) is 0 Å². The van der Waals surface area contributed by atoms with Crippen LogP contribution in [-0.2, 0) is 16.6 Å². The molecule has 1 fully saturated rings. The first-order valence-corrected chi connectivity index (χ1v) is 8.10. The summed E-state index contributed by atoms with van der Waals surface area (Å²) < 4.78 is 7.03. The maximum Gasteiger partial charge on any atom is 0.322 e. The molecule has 1 N–H and O–H groups in total. The van der Waals surface area contributed by atoms with E-state index in [1.807, 2.05) is 30.3 Å². The van der Waals surface area contributed by atoms with Crippen LogP contribution in [0.5, 0.6) is 0 Å². The Morgan fingerprint density at radius 2 is 2.04 bits per heavy atom. The zero-order valence-electron chi connectivity index (χ0n) is 14.0. The Labute approximate surface area is 148 Å². The zero-order valence-corrected chi connectivity index (χ0v) is 14.0. The number of rotatable bonds is 4. The summed E-state index contributed by atoms with van der Waals surface area (Å²) in [4.78, 5) is 26.3. The fourth-order valence-electron chi connectivity index (χ4n) is 2.85. The molecule has 1 aliphatic rings. The maximum atomic E-state index is 12.4. The van der Waals surface area contributed by atoms with Crippen molar-refractivity contribution in [3.05, 3.63) is 42.6 Å². The number of anilines is 2. The lowest BCUT2D eigenvalue weighted by Crippen LogP contribution is -2.28. The largest absolute Gasteiger partial charge is 0.401 e. The molecular formula is C17H16N6O3. The minimum Gasteiger partial charge on any atom is -0.401 e. The molecule has 132 valence electrons. The number of benzene rings is 1. The van der Waals surface area contributed by atoms with E-state index in [1.165, 1.54) is 0 Å². The molecule has 9 heteroatoms. The van der Waals surface area contributed by atoms with Gasteiger partial charge in [0.15, 0.2) is 0 Å². The lowest BCUT2D eigenvalue weighted by atomic mass is 10.1. The van der Waals surface area contributed by atoms with E-state index in [0.29, 0.717) is 12.2 Å². The molecule has 26 heavy (non-hydrogen) atoms. The summed E-state index contributed by atoms with van der Waals surface area (Å²) in [5, 5.41) is 14.4. The second-order valence-corrected chi connectivity index (χ2v) is 6.02. The van der Waals surface area contributed by atoms with Gasteiger partial charge in [0.2, 0.25) is 11.8 Å². The van der Waals surface area contributed by atoms with Crippen molar-refractivity contribution in [3.8, 4) is 11.6 Å². The standard InChI is InChI=1S/C17H16N6O3/c1-22-8-7-13(21-22)16-19-20-17(26-16)18-15(25)11-9-14(24)23(10-11)12-5-3-2-4-6-12/h2-8,11H,9-10H2,1H3,(H,18,20,25). The SMILES string of the molecule is Cn1ccc(-c2nnc(NC(=O)C3CC(=O)N(c4ccccc4)C3)o2)n1. The van der Waals surface area contributed by atoms with Crippen LogP contribution in [0, 0.1) is 5.92 Å². The number of amides is 2. The highest BCUT2D eigenvalue weighted by Crippen LogP contribution is 2.26. The van der Waals surface area contributed by atoms with E-state index in [0.717, 1.165) is 5.69 Å². The van der Waals surface area contributed by atoms with Gasteiger partial charge in [-0.1, -0.05) is 23.3 Å². The number of aromatic nitrogens is 4. The van der Waals surface area contributed by atoms with Crippen molar-refractivity contribution in [2.24, 2.45) is 13.0 Å². The number of carbonyl (C=O) groups is 2. The van der Waals surface area contributed by atoms with Crippen molar-refractivity contribution >= 4 is 23.5 Å². The Bertz CT molecular complexity index is 948. The van der Waals surface area contributed by atoms with Gasteiger partial charge in [-0.05, 0) is 18.2 Å². The van der Waals surface area contributed by atoms with Crippen LogP contribution in [0.1, 0.15) is 6.42 Å². The smallest absolute Gasteiger partial charge is 0.322 e. The van der Waals surface area contributed by atoms with Gasteiger partial charge in [0, 0.05) is 31.9 Å². The molecule has 1 atom stereocenters. The molecule has 1 aliphatic heterocycles. The second-order valence-electron chi connectivity index (χ2n) is 6.02. The Hall–Kier alpha value is -3.49. The molecule has 2 aromatic heterocycles. The van der Waals surface area contributed by atoms with Crippen molar-refractivity contribution in [1.29, 1.82) is 0 Å². The first-order valence-electron chi connectivity index (χ1n) is 8.10. The molecule has 4 rings (SSSR count). The minimum absolute atomic E-state index is 0.0127. The lowest BCUT2D eigenvalue weighted by molar-refractivity contribution is -0.122. The number of nitrogens with zero attached hydrogens (tertiary/aromatic N) is 5. The average Bonchev–Trinajstić information content (AvgIpc) is 3.35. The number of carbonyl (C=O) groups excluding carboxylic acids is 2. The van der Waals surface area contributed by atoms with E-state index < -0.39 is 5.92 Å². The number of hydrogen-bond acceptors (Lipinski definition) is 6. The Balaban J connectivity index is 1.43. The number of nitrogens with one attached hydrogen (secondary N) is 1. The molecule has 9 nitrogen and oxygen atoms in total. The van der Waals surface area contributed by atoms with Crippen molar-refractivity contribution in [2.45, 2.75) is 6.42 Å². The van der Waals surface area contributed by atoms with Gasteiger partial charge in [0.25, 0.3) is 5.89 Å². The Morgan fingerprint density at radius 1 is 1.23 bits per heavy atom. The maximum absolute atomic E-state index is 12.4. The highest BCUT2D eigenvalue weighted by molar-refractivity contribution is 6.02. The van der Waals surface area contributed by atoms with Crippen LogP contribution in [0.2, 0.25) is 0 Å². The molecule has 1 saturated heterocycles. The molecule has 3 heterocycles. The van der Waals surface area contributed by atoms with Crippen LogP contribution in [0.15, 0.2) is 47.0 Å². The summed E-state index contributed by atoms with van der Waals surface area (Å²) in [7, 11) is 1.78.